The van der Waals surface area contributed by atoms with Gasteiger partial charge in [0.05, 0.1) is 12.1 Å². The Kier molecular flexibility index (Phi) is 2.73. The van der Waals surface area contributed by atoms with Gasteiger partial charge in [-0.1, -0.05) is 29.4 Å². The van der Waals surface area contributed by atoms with Crippen molar-refractivity contribution in [3.8, 4) is 11.5 Å². The van der Waals surface area contributed by atoms with E-state index in [0.717, 1.165) is 10.9 Å². The maximum Gasteiger partial charge on any atom is 0.249 e. The molecule has 2 aromatic heterocycles. The summed E-state index contributed by atoms with van der Waals surface area (Å²) in [6, 6.07) is 11.8. The van der Waals surface area contributed by atoms with E-state index in [1.807, 2.05) is 36.4 Å². The molecule has 1 aliphatic heterocycles. The molecule has 0 radical (unpaired) electrons. The highest BCUT2D eigenvalue weighted by Crippen LogP contribution is 2.28. The quantitative estimate of drug-likeness (QED) is 0.772. The van der Waals surface area contributed by atoms with Gasteiger partial charge < -0.3 is 15.0 Å². The highest BCUT2D eigenvalue weighted by Gasteiger charge is 2.38. The summed E-state index contributed by atoms with van der Waals surface area (Å²) >= 11 is 0. The van der Waals surface area contributed by atoms with E-state index in [9.17, 15) is 0 Å². The molecule has 6 nitrogen and oxygen atoms in total. The lowest BCUT2D eigenvalue weighted by Crippen LogP contribution is -2.37. The van der Waals surface area contributed by atoms with Crippen LogP contribution in [0.3, 0.4) is 0 Å². The van der Waals surface area contributed by atoms with Crippen molar-refractivity contribution < 1.29 is 9.26 Å². The van der Waals surface area contributed by atoms with Crippen molar-refractivity contribution in [1.82, 2.24) is 15.1 Å². The first-order chi connectivity index (χ1) is 10.2. The van der Waals surface area contributed by atoms with Crippen LogP contribution in [0, 0.1) is 0 Å². The number of rotatable bonds is 2. The van der Waals surface area contributed by atoms with E-state index in [1.54, 1.807) is 0 Å². The normalized spacial score (nSPS) is 22.0. The standard InChI is InChI=1S/C15H14N4O2/c16-15(7-8-20-9-15)14-18-13(19-21-14)12-6-5-10-3-1-2-4-11(10)17-12/h1-6H,7-9,16H2. The number of para-hydroxylation sites is 1. The second kappa shape index (κ2) is 4.61. The number of ether oxygens (including phenoxy) is 1. The molecule has 21 heavy (non-hydrogen) atoms. The largest absolute Gasteiger partial charge is 0.379 e. The van der Waals surface area contributed by atoms with Crippen LogP contribution in [0.25, 0.3) is 22.4 Å². The fourth-order valence-corrected chi connectivity index (χ4v) is 2.47. The molecule has 1 aliphatic rings. The van der Waals surface area contributed by atoms with Gasteiger partial charge in [0, 0.05) is 12.0 Å². The smallest absolute Gasteiger partial charge is 0.249 e. The predicted octanol–water partition coefficient (Wildman–Crippen LogP) is 1.86. The number of hydrogen-bond acceptors (Lipinski definition) is 6. The van der Waals surface area contributed by atoms with Gasteiger partial charge in [-0.2, -0.15) is 4.98 Å². The first-order valence-corrected chi connectivity index (χ1v) is 6.82. The van der Waals surface area contributed by atoms with Crippen LogP contribution in [0.15, 0.2) is 40.9 Å². The molecule has 4 rings (SSSR count). The van der Waals surface area contributed by atoms with Crippen LogP contribution in [0.2, 0.25) is 0 Å². The van der Waals surface area contributed by atoms with Gasteiger partial charge in [-0.05, 0) is 18.6 Å². The van der Waals surface area contributed by atoms with E-state index < -0.39 is 5.54 Å². The molecule has 2 N–H and O–H groups in total. The summed E-state index contributed by atoms with van der Waals surface area (Å²) < 4.78 is 10.6. The van der Waals surface area contributed by atoms with Gasteiger partial charge in [-0.3, -0.25) is 0 Å². The molecular weight excluding hydrogens is 268 g/mol. The van der Waals surface area contributed by atoms with Crippen molar-refractivity contribution in [2.75, 3.05) is 13.2 Å². The fraction of sp³-hybridized carbons (Fsp3) is 0.267. The third-order valence-electron chi connectivity index (χ3n) is 3.73. The van der Waals surface area contributed by atoms with Gasteiger partial charge in [0.1, 0.15) is 11.2 Å². The molecule has 1 saturated heterocycles. The molecule has 3 aromatic rings. The second-order valence-corrected chi connectivity index (χ2v) is 5.27. The summed E-state index contributed by atoms with van der Waals surface area (Å²) in [4.78, 5) is 8.95. The highest BCUT2D eigenvalue weighted by molar-refractivity contribution is 5.80. The van der Waals surface area contributed by atoms with Gasteiger partial charge >= 0.3 is 0 Å². The van der Waals surface area contributed by atoms with Gasteiger partial charge in [0.15, 0.2) is 0 Å². The Morgan fingerprint density at radius 1 is 1.10 bits per heavy atom. The van der Waals surface area contributed by atoms with Crippen LogP contribution in [-0.4, -0.2) is 28.3 Å². The molecule has 0 aliphatic carbocycles. The zero-order chi connectivity index (χ0) is 14.3. The lowest BCUT2D eigenvalue weighted by atomic mass is 10.0. The molecule has 0 saturated carbocycles. The van der Waals surface area contributed by atoms with Crippen LogP contribution in [0.1, 0.15) is 12.3 Å². The molecule has 0 spiro atoms. The Balaban J connectivity index is 1.73. The monoisotopic (exact) mass is 282 g/mol. The van der Waals surface area contributed by atoms with E-state index in [1.165, 1.54) is 0 Å². The Morgan fingerprint density at radius 2 is 2.00 bits per heavy atom. The third kappa shape index (κ3) is 2.09. The maximum atomic E-state index is 6.22. The van der Waals surface area contributed by atoms with Gasteiger partial charge in [0.2, 0.25) is 11.7 Å². The third-order valence-corrected chi connectivity index (χ3v) is 3.73. The average Bonchev–Trinajstić information content (AvgIpc) is 3.17. The number of hydrogen-bond donors (Lipinski definition) is 1. The zero-order valence-corrected chi connectivity index (χ0v) is 11.3. The van der Waals surface area contributed by atoms with E-state index in [2.05, 4.69) is 15.1 Å². The van der Waals surface area contributed by atoms with Crippen LogP contribution in [0.5, 0.6) is 0 Å². The summed E-state index contributed by atoms with van der Waals surface area (Å²) in [5.41, 5.74) is 7.11. The molecule has 1 atom stereocenters. The van der Waals surface area contributed by atoms with Crippen LogP contribution < -0.4 is 5.73 Å². The van der Waals surface area contributed by atoms with Gasteiger partial charge in [0.25, 0.3) is 0 Å². The molecule has 106 valence electrons. The predicted molar refractivity (Wildman–Crippen MR) is 76.3 cm³/mol. The van der Waals surface area contributed by atoms with Crippen LogP contribution in [-0.2, 0) is 10.3 Å². The minimum absolute atomic E-state index is 0.403. The summed E-state index contributed by atoms with van der Waals surface area (Å²) in [6.45, 7) is 1.02. The van der Waals surface area contributed by atoms with Gasteiger partial charge in [-0.25, -0.2) is 4.98 Å². The molecule has 3 heterocycles. The van der Waals surface area contributed by atoms with Gasteiger partial charge in [-0.15, -0.1) is 0 Å². The Bertz CT molecular complexity index is 793. The minimum Gasteiger partial charge on any atom is -0.379 e. The van der Waals surface area contributed by atoms with Crippen molar-refractivity contribution in [3.63, 3.8) is 0 Å². The number of benzene rings is 1. The molecule has 1 unspecified atom stereocenters. The van der Waals surface area contributed by atoms with E-state index in [4.69, 9.17) is 15.0 Å². The Morgan fingerprint density at radius 3 is 2.86 bits per heavy atom. The zero-order valence-electron chi connectivity index (χ0n) is 11.3. The lowest BCUT2D eigenvalue weighted by Gasteiger charge is -2.14. The minimum atomic E-state index is -0.678. The Labute approximate surface area is 120 Å². The van der Waals surface area contributed by atoms with E-state index >= 15 is 0 Å². The van der Waals surface area contributed by atoms with Crippen molar-refractivity contribution in [3.05, 3.63) is 42.3 Å². The second-order valence-electron chi connectivity index (χ2n) is 5.27. The van der Waals surface area contributed by atoms with Crippen molar-refractivity contribution in [2.45, 2.75) is 12.0 Å². The Hall–Kier alpha value is -2.31. The van der Waals surface area contributed by atoms with Crippen molar-refractivity contribution in [1.29, 1.82) is 0 Å². The van der Waals surface area contributed by atoms with Crippen molar-refractivity contribution in [2.24, 2.45) is 5.73 Å². The topological polar surface area (TPSA) is 87.1 Å². The maximum absolute atomic E-state index is 6.22. The number of pyridine rings is 1. The first kappa shape index (κ1) is 12.4. The summed E-state index contributed by atoms with van der Waals surface area (Å²) in [5, 5.41) is 5.07. The average molecular weight is 282 g/mol. The van der Waals surface area contributed by atoms with Crippen LogP contribution in [0.4, 0.5) is 0 Å². The SMILES string of the molecule is NC1(c2nc(-c3ccc4ccccc4n3)no2)CCOC1. The number of nitrogens with zero attached hydrogens (tertiary/aromatic N) is 3. The fourth-order valence-electron chi connectivity index (χ4n) is 2.47. The first-order valence-electron chi connectivity index (χ1n) is 6.82. The molecule has 6 heteroatoms. The number of nitrogens with two attached hydrogens (primary N) is 1. The molecule has 1 fully saturated rings. The van der Waals surface area contributed by atoms with Crippen LogP contribution >= 0.6 is 0 Å². The lowest BCUT2D eigenvalue weighted by molar-refractivity contribution is 0.166. The molecule has 0 bridgehead atoms. The summed E-state index contributed by atoms with van der Waals surface area (Å²) in [5.74, 6) is 0.859. The van der Waals surface area contributed by atoms with E-state index in [-0.39, 0.29) is 0 Å². The summed E-state index contributed by atoms with van der Waals surface area (Å²) in [6.07, 6.45) is 0.680. The van der Waals surface area contributed by atoms with Crippen molar-refractivity contribution >= 4 is 10.9 Å². The molecule has 1 aromatic carbocycles. The summed E-state index contributed by atoms with van der Waals surface area (Å²) in [7, 11) is 0. The number of aromatic nitrogens is 3. The highest BCUT2D eigenvalue weighted by atomic mass is 16.5. The number of fused-ring (bicyclic) bond motifs is 1. The van der Waals surface area contributed by atoms with E-state index in [0.29, 0.717) is 37.0 Å². The molecular formula is C15H14N4O2. The molecule has 0 amide bonds.